The van der Waals surface area contributed by atoms with E-state index in [-0.39, 0.29) is 18.2 Å². The zero-order chi connectivity index (χ0) is 24.9. The molecule has 35 heavy (non-hydrogen) atoms. The van der Waals surface area contributed by atoms with Crippen LogP contribution in [0.25, 0.3) is 10.9 Å². The van der Waals surface area contributed by atoms with Crippen molar-refractivity contribution in [1.29, 1.82) is 0 Å². The van der Waals surface area contributed by atoms with Crippen LogP contribution in [-0.2, 0) is 6.54 Å². The number of aromatic nitrogens is 1. The van der Waals surface area contributed by atoms with Crippen molar-refractivity contribution in [3.05, 3.63) is 70.3 Å². The molecule has 9 heteroatoms. The van der Waals surface area contributed by atoms with Crippen molar-refractivity contribution in [2.24, 2.45) is 5.92 Å². The van der Waals surface area contributed by atoms with Crippen molar-refractivity contribution in [1.82, 2.24) is 9.88 Å². The molecule has 0 spiro atoms. The molecule has 1 heterocycles. The highest BCUT2D eigenvalue weighted by atomic mass is 16.6. The van der Waals surface area contributed by atoms with E-state index in [1.54, 1.807) is 12.1 Å². The molecule has 184 valence electrons. The van der Waals surface area contributed by atoms with Crippen molar-refractivity contribution in [2.75, 3.05) is 30.9 Å². The highest BCUT2D eigenvalue weighted by molar-refractivity contribution is 5.93. The van der Waals surface area contributed by atoms with Crippen molar-refractivity contribution >= 4 is 34.2 Å². The van der Waals surface area contributed by atoms with E-state index in [9.17, 15) is 20.0 Å². The number of hydrogen-bond acceptors (Lipinski definition) is 6. The number of pyridine rings is 1. The molecule has 0 atom stereocenters. The Labute approximate surface area is 204 Å². The third-order valence-electron chi connectivity index (χ3n) is 6.64. The lowest BCUT2D eigenvalue weighted by molar-refractivity contribution is -0.384. The van der Waals surface area contributed by atoms with Gasteiger partial charge in [0.05, 0.1) is 10.4 Å². The smallest absolute Gasteiger partial charge is 0.407 e. The Morgan fingerprint density at radius 1 is 1.11 bits per heavy atom. The SMILES string of the molecule is CN(C)c1cc(NC2CCC(CN(Cc3ccc([N+](=O)[O-])cc3)C(=O)O)CC2)nc2ccccc12. The Balaban J connectivity index is 1.35. The van der Waals surface area contributed by atoms with E-state index in [4.69, 9.17) is 4.98 Å². The van der Waals surface area contributed by atoms with Crippen LogP contribution in [0, 0.1) is 16.0 Å². The van der Waals surface area contributed by atoms with Gasteiger partial charge in [-0.15, -0.1) is 0 Å². The van der Waals surface area contributed by atoms with Crippen LogP contribution in [0.3, 0.4) is 0 Å². The van der Waals surface area contributed by atoms with Gasteiger partial charge in [0.2, 0.25) is 0 Å². The molecule has 1 amide bonds. The van der Waals surface area contributed by atoms with Crippen molar-refractivity contribution < 1.29 is 14.8 Å². The molecule has 0 radical (unpaired) electrons. The van der Waals surface area contributed by atoms with Crippen LogP contribution in [0.5, 0.6) is 0 Å². The van der Waals surface area contributed by atoms with Crippen LogP contribution < -0.4 is 10.2 Å². The third kappa shape index (κ3) is 5.98. The maximum absolute atomic E-state index is 11.8. The first-order valence-electron chi connectivity index (χ1n) is 11.8. The number of amides is 1. The Hall–Kier alpha value is -3.88. The predicted octanol–water partition coefficient (Wildman–Crippen LogP) is 5.36. The summed E-state index contributed by atoms with van der Waals surface area (Å²) in [5, 5.41) is 25.3. The molecule has 0 bridgehead atoms. The van der Waals surface area contributed by atoms with Gasteiger partial charge >= 0.3 is 6.09 Å². The number of carbonyl (C=O) groups is 1. The van der Waals surface area contributed by atoms with Crippen molar-refractivity contribution in [2.45, 2.75) is 38.3 Å². The molecule has 1 aliphatic rings. The molecule has 9 nitrogen and oxygen atoms in total. The molecule has 0 saturated heterocycles. The fourth-order valence-corrected chi connectivity index (χ4v) is 4.76. The lowest BCUT2D eigenvalue weighted by atomic mass is 9.85. The molecule has 1 saturated carbocycles. The lowest BCUT2D eigenvalue weighted by Gasteiger charge is -2.32. The second kappa shape index (κ2) is 10.6. The Morgan fingerprint density at radius 2 is 1.80 bits per heavy atom. The number of rotatable bonds is 8. The summed E-state index contributed by atoms with van der Waals surface area (Å²) in [4.78, 5) is 30.5. The summed E-state index contributed by atoms with van der Waals surface area (Å²) in [6.07, 6.45) is 2.77. The highest BCUT2D eigenvalue weighted by Gasteiger charge is 2.25. The number of non-ortho nitro benzene ring substituents is 1. The van der Waals surface area contributed by atoms with Gasteiger partial charge in [-0.3, -0.25) is 10.1 Å². The zero-order valence-electron chi connectivity index (χ0n) is 20.1. The average molecular weight is 478 g/mol. The maximum atomic E-state index is 11.8. The van der Waals surface area contributed by atoms with E-state index in [0.29, 0.717) is 12.6 Å². The topological polar surface area (TPSA) is 112 Å². The largest absolute Gasteiger partial charge is 0.465 e. The zero-order valence-corrected chi connectivity index (χ0v) is 20.1. The Bertz CT molecular complexity index is 1190. The number of anilines is 2. The lowest BCUT2D eigenvalue weighted by Crippen LogP contribution is -2.36. The van der Waals surface area contributed by atoms with Crippen LogP contribution in [0.15, 0.2) is 54.6 Å². The van der Waals surface area contributed by atoms with Crippen LogP contribution in [0.4, 0.5) is 22.0 Å². The second-order valence-corrected chi connectivity index (χ2v) is 9.39. The summed E-state index contributed by atoms with van der Waals surface area (Å²) < 4.78 is 0. The van der Waals surface area contributed by atoms with E-state index in [1.807, 2.05) is 32.3 Å². The Kier molecular flexibility index (Phi) is 7.33. The fourth-order valence-electron chi connectivity index (χ4n) is 4.76. The van der Waals surface area contributed by atoms with E-state index >= 15 is 0 Å². The monoisotopic (exact) mass is 477 g/mol. The van der Waals surface area contributed by atoms with Crippen LogP contribution in [0.1, 0.15) is 31.2 Å². The molecule has 2 N–H and O–H groups in total. The number of nitro groups is 1. The first-order chi connectivity index (χ1) is 16.8. The number of hydrogen-bond donors (Lipinski definition) is 2. The summed E-state index contributed by atoms with van der Waals surface area (Å²) >= 11 is 0. The molecule has 1 aliphatic carbocycles. The summed E-state index contributed by atoms with van der Waals surface area (Å²) in [7, 11) is 4.06. The molecule has 1 aromatic heterocycles. The van der Waals surface area contributed by atoms with Gasteiger partial charge in [-0.05, 0) is 43.2 Å². The molecule has 0 unspecified atom stereocenters. The molecule has 4 rings (SSSR count). The minimum absolute atomic E-state index is 0.0000492. The normalized spacial score (nSPS) is 17.7. The van der Waals surface area contributed by atoms with Gasteiger partial charge in [-0.1, -0.05) is 30.3 Å². The van der Waals surface area contributed by atoms with Crippen LogP contribution >= 0.6 is 0 Å². The fraction of sp³-hybridized carbons (Fsp3) is 0.385. The highest BCUT2D eigenvalue weighted by Crippen LogP contribution is 2.31. The number of para-hydroxylation sites is 1. The summed E-state index contributed by atoms with van der Waals surface area (Å²) in [5.41, 5.74) is 2.82. The number of fused-ring (bicyclic) bond motifs is 1. The quantitative estimate of drug-likeness (QED) is 0.332. The minimum Gasteiger partial charge on any atom is -0.465 e. The summed E-state index contributed by atoms with van der Waals surface area (Å²) in [5.74, 6) is 1.14. The number of carboxylic acid groups (broad SMARTS) is 1. The second-order valence-electron chi connectivity index (χ2n) is 9.39. The minimum atomic E-state index is -0.972. The number of nitrogens with one attached hydrogen (secondary N) is 1. The molecule has 0 aliphatic heterocycles. The van der Waals surface area contributed by atoms with Crippen molar-refractivity contribution in [3.8, 4) is 0 Å². The van der Waals surface area contributed by atoms with E-state index in [0.717, 1.165) is 53.7 Å². The van der Waals surface area contributed by atoms with E-state index in [1.165, 1.54) is 17.0 Å². The average Bonchev–Trinajstić information content (AvgIpc) is 2.84. The first kappa shape index (κ1) is 24.3. The molecule has 3 aromatic rings. The standard InChI is InChI=1S/C26H31N5O4/c1-29(2)24-15-25(28-23-6-4-3-5-22(23)24)27-20-11-7-18(8-12-20)16-30(26(32)33)17-19-9-13-21(14-10-19)31(34)35/h3-6,9-10,13-15,18,20H,7-8,11-12,16-17H2,1-2H3,(H,27,28)(H,32,33). The van der Waals surface area contributed by atoms with Gasteiger partial charge in [0, 0.05) is 62.5 Å². The van der Waals surface area contributed by atoms with Gasteiger partial charge in [0.15, 0.2) is 0 Å². The third-order valence-corrected chi connectivity index (χ3v) is 6.64. The van der Waals surface area contributed by atoms with Crippen LogP contribution in [-0.4, -0.2) is 52.7 Å². The van der Waals surface area contributed by atoms with E-state index in [2.05, 4.69) is 22.3 Å². The van der Waals surface area contributed by atoms with Gasteiger partial charge in [-0.2, -0.15) is 0 Å². The Morgan fingerprint density at radius 3 is 2.43 bits per heavy atom. The van der Waals surface area contributed by atoms with Gasteiger partial charge < -0.3 is 20.2 Å². The van der Waals surface area contributed by atoms with Crippen LogP contribution in [0.2, 0.25) is 0 Å². The first-order valence-corrected chi connectivity index (χ1v) is 11.8. The molecular formula is C26H31N5O4. The van der Waals surface area contributed by atoms with Crippen molar-refractivity contribution in [3.63, 3.8) is 0 Å². The maximum Gasteiger partial charge on any atom is 0.407 e. The number of nitrogens with zero attached hydrogens (tertiary/aromatic N) is 4. The van der Waals surface area contributed by atoms with E-state index < -0.39 is 11.0 Å². The summed E-state index contributed by atoms with van der Waals surface area (Å²) in [6, 6.07) is 16.6. The van der Waals surface area contributed by atoms with Gasteiger partial charge in [0.25, 0.3) is 5.69 Å². The molecular weight excluding hydrogens is 446 g/mol. The molecule has 1 fully saturated rings. The number of benzene rings is 2. The summed E-state index contributed by atoms with van der Waals surface area (Å²) in [6.45, 7) is 0.678. The van der Waals surface area contributed by atoms with Gasteiger partial charge in [-0.25, -0.2) is 9.78 Å². The predicted molar refractivity (Wildman–Crippen MR) is 137 cm³/mol. The van der Waals surface area contributed by atoms with Gasteiger partial charge in [0.1, 0.15) is 5.82 Å². The number of nitro benzene ring substituents is 1. The molecule has 2 aromatic carbocycles.